The summed E-state index contributed by atoms with van der Waals surface area (Å²) in [5, 5.41) is 0. The van der Waals surface area contributed by atoms with Crippen LogP contribution in [0.3, 0.4) is 0 Å². The van der Waals surface area contributed by atoms with Crippen LogP contribution in [0.1, 0.15) is 31.3 Å². The van der Waals surface area contributed by atoms with Crippen LogP contribution >= 0.6 is 0 Å². The van der Waals surface area contributed by atoms with Crippen LogP contribution in [0.25, 0.3) is 0 Å². The summed E-state index contributed by atoms with van der Waals surface area (Å²) in [5.41, 5.74) is 2.08. The summed E-state index contributed by atoms with van der Waals surface area (Å²) < 4.78 is 36.7. The van der Waals surface area contributed by atoms with Crippen molar-refractivity contribution in [2.24, 2.45) is 0 Å². The molecule has 3 aliphatic heterocycles. The molecule has 0 radical (unpaired) electrons. The molecule has 3 fully saturated rings. The molecule has 6 nitrogen and oxygen atoms in total. The summed E-state index contributed by atoms with van der Waals surface area (Å²) in [7, 11) is 0. The fourth-order valence-corrected chi connectivity index (χ4v) is 4.14. The Balaban J connectivity index is 1.32. The summed E-state index contributed by atoms with van der Waals surface area (Å²) in [6.45, 7) is 4.68. The lowest BCUT2D eigenvalue weighted by molar-refractivity contribution is -0.315. The van der Waals surface area contributed by atoms with Gasteiger partial charge >= 0.3 is 0 Å². The van der Waals surface area contributed by atoms with Crippen molar-refractivity contribution in [3.05, 3.63) is 71.8 Å². The predicted molar refractivity (Wildman–Crippen MR) is 104 cm³/mol. The van der Waals surface area contributed by atoms with Gasteiger partial charge in [-0.3, -0.25) is 0 Å². The van der Waals surface area contributed by atoms with Gasteiger partial charge in [0.1, 0.15) is 24.4 Å². The SMILES string of the molecule is CC1(C)O[C@H]2O[C@H]3[C@H](OC(c4ccccc4)O[C@@H]3COCc3ccccc3)[C@H]2O1. The van der Waals surface area contributed by atoms with Crippen LogP contribution in [0, 0.1) is 0 Å². The van der Waals surface area contributed by atoms with Gasteiger partial charge in [0, 0.05) is 5.56 Å². The van der Waals surface area contributed by atoms with E-state index in [0.29, 0.717) is 13.2 Å². The summed E-state index contributed by atoms with van der Waals surface area (Å²) >= 11 is 0. The zero-order valence-corrected chi connectivity index (χ0v) is 16.6. The Morgan fingerprint density at radius 1 is 0.793 bits per heavy atom. The largest absolute Gasteiger partial charge is 0.374 e. The van der Waals surface area contributed by atoms with Crippen molar-refractivity contribution >= 4 is 0 Å². The molecule has 0 aliphatic carbocycles. The molecule has 0 bridgehead atoms. The molecule has 2 aromatic carbocycles. The molecule has 2 aromatic rings. The van der Waals surface area contributed by atoms with Crippen LogP contribution in [-0.2, 0) is 35.0 Å². The van der Waals surface area contributed by atoms with Gasteiger partial charge in [0.25, 0.3) is 0 Å². The Labute approximate surface area is 170 Å². The first kappa shape index (κ1) is 19.2. The number of fused-ring (bicyclic) bond motifs is 3. The van der Waals surface area contributed by atoms with Gasteiger partial charge in [0.05, 0.1) is 13.2 Å². The predicted octanol–water partition coefficient (Wildman–Crippen LogP) is 3.56. The smallest absolute Gasteiger partial charge is 0.190 e. The molecule has 0 N–H and O–H groups in total. The maximum Gasteiger partial charge on any atom is 0.190 e. The van der Waals surface area contributed by atoms with Crippen molar-refractivity contribution in [1.82, 2.24) is 0 Å². The minimum atomic E-state index is -0.691. The molecule has 29 heavy (non-hydrogen) atoms. The van der Waals surface area contributed by atoms with Crippen molar-refractivity contribution in [3.8, 4) is 0 Å². The molecule has 6 atom stereocenters. The molecule has 5 rings (SSSR count). The number of hydrogen-bond donors (Lipinski definition) is 0. The number of hydrogen-bond acceptors (Lipinski definition) is 6. The van der Waals surface area contributed by atoms with Crippen LogP contribution in [0.15, 0.2) is 60.7 Å². The second kappa shape index (κ2) is 7.80. The average molecular weight is 398 g/mol. The number of benzene rings is 2. The lowest BCUT2D eigenvalue weighted by Gasteiger charge is -2.39. The van der Waals surface area contributed by atoms with Crippen LogP contribution in [0.5, 0.6) is 0 Å². The Kier molecular flexibility index (Phi) is 5.16. The van der Waals surface area contributed by atoms with E-state index in [0.717, 1.165) is 11.1 Å². The number of ether oxygens (including phenoxy) is 6. The molecular formula is C23H26O6. The van der Waals surface area contributed by atoms with Gasteiger partial charge in [-0.2, -0.15) is 0 Å². The van der Waals surface area contributed by atoms with Crippen molar-refractivity contribution in [3.63, 3.8) is 0 Å². The third-order valence-corrected chi connectivity index (χ3v) is 5.44. The highest BCUT2D eigenvalue weighted by Crippen LogP contribution is 2.45. The van der Waals surface area contributed by atoms with Gasteiger partial charge in [0.2, 0.25) is 0 Å². The van der Waals surface area contributed by atoms with Crippen molar-refractivity contribution in [2.75, 3.05) is 6.61 Å². The highest BCUT2D eigenvalue weighted by molar-refractivity contribution is 5.17. The fraction of sp³-hybridized carbons (Fsp3) is 0.478. The topological polar surface area (TPSA) is 55.4 Å². The first-order chi connectivity index (χ1) is 14.1. The second-order valence-corrected chi connectivity index (χ2v) is 8.09. The average Bonchev–Trinajstić information content (AvgIpc) is 3.21. The quantitative estimate of drug-likeness (QED) is 0.768. The standard InChI is InChI=1S/C23H26O6/c1-23(2)28-20-19-18(26-22(20)29-23)17(14-24-13-15-9-5-3-6-10-15)25-21(27-19)16-11-7-4-8-12-16/h3-12,17-22H,13-14H2,1-2H3/t17-,18-,19+,20-,21?,22-/m1/s1. The van der Waals surface area contributed by atoms with Gasteiger partial charge < -0.3 is 28.4 Å². The van der Waals surface area contributed by atoms with Gasteiger partial charge in [-0.25, -0.2) is 0 Å². The monoisotopic (exact) mass is 398 g/mol. The Morgan fingerprint density at radius 3 is 2.28 bits per heavy atom. The molecule has 3 saturated heterocycles. The molecule has 3 aliphatic rings. The van der Waals surface area contributed by atoms with E-state index < -0.39 is 18.4 Å². The summed E-state index contributed by atoms with van der Waals surface area (Å²) in [4.78, 5) is 0. The van der Waals surface area contributed by atoms with Crippen LogP contribution in [0.2, 0.25) is 0 Å². The zero-order valence-electron chi connectivity index (χ0n) is 16.6. The van der Waals surface area contributed by atoms with Gasteiger partial charge in [0.15, 0.2) is 18.4 Å². The second-order valence-electron chi connectivity index (χ2n) is 8.09. The Hall–Kier alpha value is -1.80. The summed E-state index contributed by atoms with van der Waals surface area (Å²) in [5.74, 6) is -0.691. The lowest BCUT2D eigenvalue weighted by Crippen LogP contribution is -2.51. The van der Waals surface area contributed by atoms with Gasteiger partial charge in [-0.05, 0) is 19.4 Å². The maximum absolute atomic E-state index is 6.29. The Morgan fingerprint density at radius 2 is 1.52 bits per heavy atom. The molecule has 1 unspecified atom stereocenters. The van der Waals surface area contributed by atoms with Crippen molar-refractivity contribution in [2.45, 2.75) is 63.2 Å². The highest BCUT2D eigenvalue weighted by atomic mass is 16.9. The first-order valence-corrected chi connectivity index (χ1v) is 10.1. The Bertz CT molecular complexity index is 811. The van der Waals surface area contributed by atoms with Gasteiger partial charge in [-0.15, -0.1) is 0 Å². The normalized spacial score (nSPS) is 35.2. The van der Waals surface area contributed by atoms with Crippen molar-refractivity contribution < 1.29 is 28.4 Å². The zero-order chi connectivity index (χ0) is 19.8. The molecule has 0 spiro atoms. The minimum Gasteiger partial charge on any atom is -0.374 e. The fourth-order valence-electron chi connectivity index (χ4n) is 4.14. The van der Waals surface area contributed by atoms with E-state index in [1.807, 2.05) is 74.5 Å². The van der Waals surface area contributed by atoms with Crippen molar-refractivity contribution in [1.29, 1.82) is 0 Å². The molecule has 154 valence electrons. The molecule has 6 heteroatoms. The highest BCUT2D eigenvalue weighted by Gasteiger charge is 2.60. The molecule has 3 heterocycles. The summed E-state index contributed by atoms with van der Waals surface area (Å²) in [6.07, 6.45) is -2.14. The summed E-state index contributed by atoms with van der Waals surface area (Å²) in [6, 6.07) is 20.0. The van der Waals surface area contributed by atoms with E-state index in [4.69, 9.17) is 28.4 Å². The molecule has 0 aromatic heterocycles. The van der Waals surface area contributed by atoms with Crippen LogP contribution < -0.4 is 0 Å². The van der Waals surface area contributed by atoms with Crippen LogP contribution in [0.4, 0.5) is 0 Å². The number of rotatable bonds is 5. The first-order valence-electron chi connectivity index (χ1n) is 10.1. The van der Waals surface area contributed by atoms with E-state index in [1.54, 1.807) is 0 Å². The lowest BCUT2D eigenvalue weighted by atomic mass is 10.0. The van der Waals surface area contributed by atoms with E-state index in [-0.39, 0.29) is 24.4 Å². The minimum absolute atomic E-state index is 0.286. The molecular weight excluding hydrogens is 372 g/mol. The van der Waals surface area contributed by atoms with E-state index in [1.165, 1.54) is 0 Å². The van der Waals surface area contributed by atoms with E-state index >= 15 is 0 Å². The molecule has 0 amide bonds. The van der Waals surface area contributed by atoms with E-state index in [2.05, 4.69) is 0 Å². The van der Waals surface area contributed by atoms with E-state index in [9.17, 15) is 0 Å². The third-order valence-electron chi connectivity index (χ3n) is 5.44. The third kappa shape index (κ3) is 3.97. The maximum atomic E-state index is 6.29. The molecule has 0 saturated carbocycles. The van der Waals surface area contributed by atoms with Gasteiger partial charge in [-0.1, -0.05) is 60.7 Å². The van der Waals surface area contributed by atoms with Crippen LogP contribution in [-0.4, -0.2) is 43.1 Å².